The molecule has 0 unspecified atom stereocenters. The second-order valence-electron chi connectivity index (χ2n) is 6.08. The van der Waals surface area contributed by atoms with Crippen molar-refractivity contribution in [1.29, 1.82) is 0 Å². The summed E-state index contributed by atoms with van der Waals surface area (Å²) in [5, 5.41) is 0. The number of nitrogens with two attached hydrogens (primary N) is 1. The van der Waals surface area contributed by atoms with Gasteiger partial charge in [-0.05, 0) is 44.7 Å². The number of rotatable bonds is 5. The minimum atomic E-state index is 0. The number of halogens is 1. The van der Waals surface area contributed by atoms with Crippen molar-refractivity contribution < 1.29 is 4.79 Å². The quantitative estimate of drug-likeness (QED) is 0.907. The Bertz CT molecular complexity index is 436. The summed E-state index contributed by atoms with van der Waals surface area (Å²) in [5.74, 6) is 0.794. The van der Waals surface area contributed by atoms with Crippen LogP contribution in [0.1, 0.15) is 38.7 Å². The van der Waals surface area contributed by atoms with Crippen LogP contribution in [0.3, 0.4) is 0 Å². The zero-order valence-electron chi connectivity index (χ0n) is 13.0. The van der Waals surface area contributed by atoms with Crippen molar-refractivity contribution in [2.24, 2.45) is 17.6 Å². The number of benzene rings is 1. The molecule has 2 rings (SSSR count). The summed E-state index contributed by atoms with van der Waals surface area (Å²) in [5.41, 5.74) is 7.01. The average molecular weight is 311 g/mol. The van der Waals surface area contributed by atoms with E-state index in [4.69, 9.17) is 5.73 Å². The van der Waals surface area contributed by atoms with Gasteiger partial charge in [0, 0.05) is 18.5 Å². The fourth-order valence-corrected chi connectivity index (χ4v) is 3.15. The molecule has 0 aromatic heterocycles. The minimum Gasteiger partial charge on any atom is -0.336 e. The molecule has 1 aliphatic carbocycles. The Morgan fingerprint density at radius 1 is 1.29 bits per heavy atom. The third-order valence-corrected chi connectivity index (χ3v) is 4.38. The van der Waals surface area contributed by atoms with Crippen LogP contribution in [-0.2, 0) is 11.3 Å². The molecular formula is C17H27ClN2O. The van der Waals surface area contributed by atoms with E-state index in [0.29, 0.717) is 19.0 Å². The standard InChI is InChI=1S/C17H26N2O.ClH/c1-13(2)19(12-14-7-4-3-5-8-14)17(20)16-10-6-9-15(16)11-18;/h3-5,7-8,13,15-16H,6,9-12,18H2,1-2H3;1H/t15-,16-;/m1./s1. The highest BCUT2D eigenvalue weighted by molar-refractivity contribution is 5.85. The summed E-state index contributed by atoms with van der Waals surface area (Å²) >= 11 is 0. The van der Waals surface area contributed by atoms with E-state index in [2.05, 4.69) is 26.0 Å². The summed E-state index contributed by atoms with van der Waals surface area (Å²) in [4.78, 5) is 14.8. The summed E-state index contributed by atoms with van der Waals surface area (Å²) in [6, 6.07) is 10.4. The molecule has 0 aliphatic heterocycles. The van der Waals surface area contributed by atoms with Gasteiger partial charge in [0.1, 0.15) is 0 Å². The Hall–Kier alpha value is -1.06. The molecule has 2 atom stereocenters. The van der Waals surface area contributed by atoms with E-state index in [1.54, 1.807) is 0 Å². The Balaban J connectivity index is 0.00000220. The zero-order chi connectivity index (χ0) is 14.5. The number of hydrogen-bond acceptors (Lipinski definition) is 2. The molecule has 0 spiro atoms. The lowest BCUT2D eigenvalue weighted by atomic mass is 9.94. The van der Waals surface area contributed by atoms with Gasteiger partial charge < -0.3 is 10.6 Å². The smallest absolute Gasteiger partial charge is 0.226 e. The van der Waals surface area contributed by atoms with Gasteiger partial charge >= 0.3 is 0 Å². The summed E-state index contributed by atoms with van der Waals surface area (Å²) in [6.07, 6.45) is 3.23. The lowest BCUT2D eigenvalue weighted by Crippen LogP contribution is -2.42. The van der Waals surface area contributed by atoms with Gasteiger partial charge in [0.25, 0.3) is 0 Å². The van der Waals surface area contributed by atoms with Crippen LogP contribution in [0.15, 0.2) is 30.3 Å². The van der Waals surface area contributed by atoms with E-state index < -0.39 is 0 Å². The number of carbonyl (C=O) groups excluding carboxylic acids is 1. The molecule has 0 heterocycles. The molecule has 3 nitrogen and oxygen atoms in total. The van der Waals surface area contributed by atoms with Crippen LogP contribution in [0.2, 0.25) is 0 Å². The van der Waals surface area contributed by atoms with Crippen LogP contribution in [0.5, 0.6) is 0 Å². The molecule has 1 fully saturated rings. The van der Waals surface area contributed by atoms with Crippen molar-refractivity contribution in [3.63, 3.8) is 0 Å². The SMILES string of the molecule is CC(C)N(Cc1ccccc1)C(=O)[C@@H]1CCC[C@@H]1CN.Cl. The summed E-state index contributed by atoms with van der Waals surface area (Å²) in [6.45, 7) is 5.51. The molecule has 1 aromatic carbocycles. The number of carbonyl (C=O) groups is 1. The maximum Gasteiger partial charge on any atom is 0.226 e. The van der Waals surface area contributed by atoms with Gasteiger partial charge in [-0.15, -0.1) is 12.4 Å². The van der Waals surface area contributed by atoms with Crippen LogP contribution in [0.4, 0.5) is 0 Å². The van der Waals surface area contributed by atoms with Crippen molar-refractivity contribution in [1.82, 2.24) is 4.90 Å². The molecular weight excluding hydrogens is 284 g/mol. The lowest BCUT2D eigenvalue weighted by Gasteiger charge is -2.31. The monoisotopic (exact) mass is 310 g/mol. The highest BCUT2D eigenvalue weighted by Crippen LogP contribution is 2.33. The number of nitrogens with zero attached hydrogens (tertiary/aromatic N) is 1. The van der Waals surface area contributed by atoms with Crippen molar-refractivity contribution in [2.75, 3.05) is 6.54 Å². The molecule has 2 N–H and O–H groups in total. The molecule has 0 radical (unpaired) electrons. The second kappa shape index (κ2) is 8.40. The van der Waals surface area contributed by atoms with E-state index in [1.165, 1.54) is 5.56 Å². The van der Waals surface area contributed by atoms with Crippen LogP contribution in [0, 0.1) is 11.8 Å². The van der Waals surface area contributed by atoms with Gasteiger partial charge in [0.2, 0.25) is 5.91 Å². The molecule has 4 heteroatoms. The van der Waals surface area contributed by atoms with Crippen molar-refractivity contribution >= 4 is 18.3 Å². The van der Waals surface area contributed by atoms with Crippen molar-refractivity contribution in [3.8, 4) is 0 Å². The van der Waals surface area contributed by atoms with Gasteiger partial charge in [-0.25, -0.2) is 0 Å². The fraction of sp³-hybridized carbons (Fsp3) is 0.588. The van der Waals surface area contributed by atoms with Crippen LogP contribution in [-0.4, -0.2) is 23.4 Å². The van der Waals surface area contributed by atoms with E-state index >= 15 is 0 Å². The largest absolute Gasteiger partial charge is 0.336 e. The first-order valence-corrected chi connectivity index (χ1v) is 7.68. The molecule has 0 bridgehead atoms. The lowest BCUT2D eigenvalue weighted by molar-refractivity contribution is -0.139. The van der Waals surface area contributed by atoms with Gasteiger partial charge in [-0.3, -0.25) is 4.79 Å². The van der Waals surface area contributed by atoms with E-state index in [0.717, 1.165) is 19.3 Å². The molecule has 1 saturated carbocycles. The number of hydrogen-bond donors (Lipinski definition) is 1. The molecule has 1 aromatic rings. The fourth-order valence-electron chi connectivity index (χ4n) is 3.15. The highest BCUT2D eigenvalue weighted by Gasteiger charge is 2.35. The molecule has 1 aliphatic rings. The maximum atomic E-state index is 12.8. The normalized spacial score (nSPS) is 21.1. The number of amides is 1. The Morgan fingerprint density at radius 2 is 1.95 bits per heavy atom. The van der Waals surface area contributed by atoms with E-state index in [-0.39, 0.29) is 30.3 Å². The molecule has 0 saturated heterocycles. The van der Waals surface area contributed by atoms with Crippen LogP contribution >= 0.6 is 12.4 Å². The molecule has 1 amide bonds. The minimum absolute atomic E-state index is 0. The third kappa shape index (κ3) is 4.45. The summed E-state index contributed by atoms with van der Waals surface area (Å²) in [7, 11) is 0. The van der Waals surface area contributed by atoms with Crippen molar-refractivity contribution in [3.05, 3.63) is 35.9 Å². The first-order valence-electron chi connectivity index (χ1n) is 7.68. The van der Waals surface area contributed by atoms with Gasteiger partial charge in [-0.1, -0.05) is 36.8 Å². The second-order valence-corrected chi connectivity index (χ2v) is 6.08. The Kier molecular flexibility index (Phi) is 7.20. The predicted octanol–water partition coefficient (Wildman–Crippen LogP) is 3.22. The molecule has 118 valence electrons. The topological polar surface area (TPSA) is 46.3 Å². The first kappa shape index (κ1) is 18.0. The third-order valence-electron chi connectivity index (χ3n) is 4.38. The Morgan fingerprint density at radius 3 is 2.52 bits per heavy atom. The first-order chi connectivity index (χ1) is 9.63. The predicted molar refractivity (Wildman–Crippen MR) is 89.3 cm³/mol. The van der Waals surface area contributed by atoms with Gasteiger partial charge in [0.15, 0.2) is 0 Å². The van der Waals surface area contributed by atoms with Crippen LogP contribution in [0.25, 0.3) is 0 Å². The van der Waals surface area contributed by atoms with Gasteiger partial charge in [-0.2, -0.15) is 0 Å². The Labute approximate surface area is 134 Å². The van der Waals surface area contributed by atoms with Crippen molar-refractivity contribution in [2.45, 2.75) is 45.7 Å². The maximum absolute atomic E-state index is 12.8. The zero-order valence-corrected chi connectivity index (χ0v) is 13.8. The van der Waals surface area contributed by atoms with E-state index in [9.17, 15) is 4.79 Å². The van der Waals surface area contributed by atoms with E-state index in [1.807, 2.05) is 23.1 Å². The summed E-state index contributed by atoms with van der Waals surface area (Å²) < 4.78 is 0. The van der Waals surface area contributed by atoms with Gasteiger partial charge in [0.05, 0.1) is 0 Å². The molecule has 21 heavy (non-hydrogen) atoms. The average Bonchev–Trinajstić information content (AvgIpc) is 2.93. The highest BCUT2D eigenvalue weighted by atomic mass is 35.5. The van der Waals surface area contributed by atoms with Crippen LogP contribution < -0.4 is 5.73 Å².